The molecule has 1 fully saturated rings. The van der Waals surface area contributed by atoms with Crippen molar-refractivity contribution in [2.75, 3.05) is 4.72 Å². The molecular weight excluding hydrogens is 522 g/mol. The Labute approximate surface area is 229 Å². The van der Waals surface area contributed by atoms with Crippen LogP contribution < -0.4 is 9.46 Å². The van der Waals surface area contributed by atoms with Gasteiger partial charge in [-0.3, -0.25) is 9.71 Å². The number of pyridine rings is 1. The second-order valence-corrected chi connectivity index (χ2v) is 11.8. The number of aryl methyl sites for hydroxylation is 1. The highest BCUT2D eigenvalue weighted by molar-refractivity contribution is 7.73. The molecule has 2 aromatic carbocycles. The number of halogens is 2. The van der Waals surface area contributed by atoms with Gasteiger partial charge in [-0.1, -0.05) is 25.3 Å². The van der Waals surface area contributed by atoms with E-state index in [1.165, 1.54) is 6.07 Å². The van der Waals surface area contributed by atoms with Crippen LogP contribution in [0.2, 0.25) is 0 Å². The molecule has 9 heteroatoms. The number of benzene rings is 2. The van der Waals surface area contributed by atoms with Gasteiger partial charge in [-0.25, -0.2) is 17.2 Å². The Hall–Kier alpha value is -3.04. The van der Waals surface area contributed by atoms with Gasteiger partial charge >= 0.3 is 0 Å². The molecule has 3 aromatic rings. The Morgan fingerprint density at radius 2 is 1.69 bits per heavy atom. The third kappa shape index (κ3) is 5.94. The van der Waals surface area contributed by atoms with Gasteiger partial charge in [-0.05, 0) is 87.8 Å². The van der Waals surface area contributed by atoms with Gasteiger partial charge in [0.15, 0.2) is 11.6 Å². The number of fused-ring (bicyclic) bond motifs is 1. The fraction of sp³-hybridized carbons (Fsp3) is 0.433. The molecule has 0 aliphatic heterocycles. The molecule has 0 radical (unpaired) electrons. The lowest BCUT2D eigenvalue weighted by Crippen LogP contribution is -2.18. The van der Waals surface area contributed by atoms with Gasteiger partial charge in [0.2, 0.25) is 10.9 Å². The smallest absolute Gasteiger partial charge is 0.222 e. The number of aliphatic hydroxyl groups is 1. The van der Waals surface area contributed by atoms with Gasteiger partial charge in [-0.2, -0.15) is 0 Å². The molecule has 39 heavy (non-hydrogen) atoms. The predicted molar refractivity (Wildman–Crippen MR) is 148 cm³/mol. The van der Waals surface area contributed by atoms with Crippen molar-refractivity contribution in [1.82, 2.24) is 4.98 Å². The first kappa shape index (κ1) is 27.5. The fourth-order valence-corrected chi connectivity index (χ4v) is 6.22. The lowest BCUT2D eigenvalue weighted by molar-refractivity contribution is 0.0786. The van der Waals surface area contributed by atoms with E-state index in [9.17, 15) is 22.3 Å². The van der Waals surface area contributed by atoms with Gasteiger partial charge < -0.3 is 9.84 Å². The molecule has 2 aliphatic rings. The zero-order valence-electron chi connectivity index (χ0n) is 22.2. The third-order valence-corrected chi connectivity index (χ3v) is 8.17. The summed E-state index contributed by atoms with van der Waals surface area (Å²) in [6, 6.07) is 8.20. The number of nitrogens with zero attached hydrogens (tertiary/aromatic N) is 1. The van der Waals surface area contributed by atoms with Crippen LogP contribution in [0.1, 0.15) is 87.2 Å². The average molecular weight is 557 g/mol. The van der Waals surface area contributed by atoms with Crippen LogP contribution in [-0.2, 0) is 29.3 Å². The highest BCUT2D eigenvalue weighted by atomic mass is 32.2. The molecular formula is C30H34F2N2O4S. The van der Waals surface area contributed by atoms with Crippen LogP contribution in [-0.4, -0.2) is 18.5 Å². The van der Waals surface area contributed by atoms with Crippen molar-refractivity contribution in [3.8, 4) is 22.6 Å². The van der Waals surface area contributed by atoms with Crippen molar-refractivity contribution in [3.05, 3.63) is 70.5 Å². The summed E-state index contributed by atoms with van der Waals surface area (Å²) < 4.78 is 61.4. The van der Waals surface area contributed by atoms with Gasteiger partial charge in [0.25, 0.3) is 0 Å². The van der Waals surface area contributed by atoms with Crippen LogP contribution in [0.3, 0.4) is 0 Å². The third-order valence-electron chi connectivity index (χ3n) is 7.77. The Morgan fingerprint density at radius 3 is 2.38 bits per heavy atom. The van der Waals surface area contributed by atoms with Crippen LogP contribution in [0, 0.1) is 11.6 Å². The minimum Gasteiger partial charge on any atom is -0.454 e. The number of anilines is 1. The van der Waals surface area contributed by atoms with Crippen molar-refractivity contribution in [1.29, 1.82) is 0 Å². The maximum absolute atomic E-state index is 14.7. The summed E-state index contributed by atoms with van der Waals surface area (Å²) in [7, 11) is -3.01. The van der Waals surface area contributed by atoms with E-state index in [0.29, 0.717) is 28.8 Å². The second-order valence-electron chi connectivity index (χ2n) is 11.0. The SMILES string of the molecule is CC(C)(O)c1ccc(Oc2ccc(F)cc2F)c(-c2c3c(nc(C4CCCCC4)c2N[SH](=O)=O)CCCC3)c1. The quantitative estimate of drug-likeness (QED) is 0.275. The molecule has 6 nitrogen and oxygen atoms in total. The van der Waals surface area contributed by atoms with E-state index in [1.54, 1.807) is 32.0 Å². The van der Waals surface area contributed by atoms with Crippen molar-refractivity contribution in [2.24, 2.45) is 0 Å². The van der Waals surface area contributed by atoms with Crippen LogP contribution in [0.4, 0.5) is 14.5 Å². The normalized spacial score (nSPS) is 16.3. The van der Waals surface area contributed by atoms with E-state index in [1.807, 2.05) is 0 Å². The highest BCUT2D eigenvalue weighted by Crippen LogP contribution is 2.48. The first-order chi connectivity index (χ1) is 18.6. The van der Waals surface area contributed by atoms with Gasteiger partial charge in [0.1, 0.15) is 11.6 Å². The van der Waals surface area contributed by atoms with E-state index >= 15 is 0 Å². The van der Waals surface area contributed by atoms with Gasteiger partial charge in [0.05, 0.1) is 17.0 Å². The Kier molecular flexibility index (Phi) is 7.91. The molecule has 208 valence electrons. The number of rotatable bonds is 7. The first-order valence-corrected chi connectivity index (χ1v) is 14.8. The summed E-state index contributed by atoms with van der Waals surface area (Å²) in [5, 5.41) is 10.9. The lowest BCUT2D eigenvalue weighted by Gasteiger charge is -2.30. The van der Waals surface area contributed by atoms with Crippen LogP contribution in [0.5, 0.6) is 11.5 Å². The van der Waals surface area contributed by atoms with E-state index in [0.717, 1.165) is 80.5 Å². The van der Waals surface area contributed by atoms with Crippen molar-refractivity contribution >= 4 is 16.6 Å². The van der Waals surface area contributed by atoms with Crippen molar-refractivity contribution in [3.63, 3.8) is 0 Å². The number of thiol groups is 1. The molecule has 5 rings (SSSR count). The minimum absolute atomic E-state index is 0.110. The van der Waals surface area contributed by atoms with Crippen LogP contribution in [0.15, 0.2) is 36.4 Å². The molecule has 1 aromatic heterocycles. The average Bonchev–Trinajstić information content (AvgIpc) is 2.90. The summed E-state index contributed by atoms with van der Waals surface area (Å²) in [5.41, 5.74) is 3.59. The number of nitrogens with one attached hydrogen (secondary N) is 1. The molecule has 1 heterocycles. The molecule has 0 unspecified atom stereocenters. The maximum Gasteiger partial charge on any atom is 0.222 e. The molecule has 0 amide bonds. The highest BCUT2D eigenvalue weighted by Gasteiger charge is 2.30. The predicted octanol–water partition coefficient (Wildman–Crippen LogP) is 6.91. The monoisotopic (exact) mass is 556 g/mol. The number of aromatic nitrogens is 1. The summed E-state index contributed by atoms with van der Waals surface area (Å²) >= 11 is 0. The van der Waals surface area contributed by atoms with Gasteiger partial charge in [0, 0.05) is 28.8 Å². The fourth-order valence-electron chi connectivity index (χ4n) is 5.81. The number of ether oxygens (including phenoxy) is 1. The summed E-state index contributed by atoms with van der Waals surface area (Å²) in [4.78, 5) is 5.06. The number of hydrogen-bond acceptors (Lipinski definition) is 5. The lowest BCUT2D eigenvalue weighted by atomic mass is 9.81. The van der Waals surface area contributed by atoms with E-state index in [4.69, 9.17) is 9.72 Å². The van der Waals surface area contributed by atoms with E-state index in [2.05, 4.69) is 4.72 Å². The molecule has 0 spiro atoms. The Balaban J connectivity index is 1.80. The Bertz CT molecular complexity index is 1450. The largest absolute Gasteiger partial charge is 0.454 e. The van der Waals surface area contributed by atoms with E-state index < -0.39 is 28.1 Å². The molecule has 0 saturated heterocycles. The molecule has 2 aliphatic carbocycles. The standard InChI is InChI=1S/C30H34F2N2O4S/c1-30(2,35)19-12-14-25(38-26-15-13-20(31)17-23(26)32)22(16-19)27-21-10-6-7-11-24(21)33-28(29(27)34-39(36)37)18-8-4-3-5-9-18/h12-18,35,39H,3-11H2,1-2H3,(H,34,36,37). The topological polar surface area (TPSA) is 88.5 Å². The zero-order chi connectivity index (χ0) is 27.7. The van der Waals surface area contributed by atoms with Crippen molar-refractivity contribution in [2.45, 2.75) is 83.2 Å². The van der Waals surface area contributed by atoms with Gasteiger partial charge in [-0.15, -0.1) is 0 Å². The zero-order valence-corrected chi connectivity index (χ0v) is 23.1. The van der Waals surface area contributed by atoms with E-state index in [-0.39, 0.29) is 17.4 Å². The summed E-state index contributed by atoms with van der Waals surface area (Å²) in [6.07, 6.45) is 8.46. The number of hydrogen-bond donors (Lipinski definition) is 3. The Morgan fingerprint density at radius 1 is 0.974 bits per heavy atom. The van der Waals surface area contributed by atoms with Crippen LogP contribution in [0.25, 0.3) is 11.1 Å². The molecule has 2 N–H and O–H groups in total. The van der Waals surface area contributed by atoms with Crippen LogP contribution >= 0.6 is 0 Å². The summed E-state index contributed by atoms with van der Waals surface area (Å²) in [6.45, 7) is 3.32. The maximum atomic E-state index is 14.7. The summed E-state index contributed by atoms with van der Waals surface area (Å²) in [5.74, 6) is -1.35. The first-order valence-electron chi connectivity index (χ1n) is 13.6. The molecule has 0 atom stereocenters. The molecule has 0 bridgehead atoms. The second kappa shape index (κ2) is 11.2. The molecule has 1 saturated carbocycles. The minimum atomic E-state index is -3.01. The van der Waals surface area contributed by atoms with Crippen molar-refractivity contribution < 1.29 is 27.0 Å².